The average Bonchev–Trinajstić information content (AvgIpc) is 2.62. The summed E-state index contributed by atoms with van der Waals surface area (Å²) in [5.74, 6) is 1.03. The predicted molar refractivity (Wildman–Crippen MR) is 101 cm³/mol. The highest BCUT2D eigenvalue weighted by molar-refractivity contribution is 5.37. The van der Waals surface area contributed by atoms with Crippen molar-refractivity contribution in [2.24, 2.45) is 0 Å². The molecule has 1 unspecified atom stereocenters. The van der Waals surface area contributed by atoms with Gasteiger partial charge in [-0.3, -0.25) is 4.90 Å². The third-order valence-electron chi connectivity index (χ3n) is 5.11. The number of nitrogens with zero attached hydrogens (tertiary/aromatic N) is 1. The lowest BCUT2D eigenvalue weighted by Gasteiger charge is -2.37. The number of likely N-dealkylation sites (tertiary alicyclic amines) is 1. The van der Waals surface area contributed by atoms with Gasteiger partial charge in [0.25, 0.3) is 0 Å². The molecule has 2 atom stereocenters. The molecule has 2 aromatic rings. The first kappa shape index (κ1) is 17.0. The van der Waals surface area contributed by atoms with Gasteiger partial charge in [0.1, 0.15) is 12.4 Å². The van der Waals surface area contributed by atoms with Crippen molar-refractivity contribution in [2.45, 2.75) is 51.6 Å². The first-order valence-corrected chi connectivity index (χ1v) is 9.24. The molecule has 1 heterocycles. The number of rotatable bonds is 6. The van der Waals surface area contributed by atoms with Crippen LogP contribution in [0.1, 0.15) is 44.2 Å². The van der Waals surface area contributed by atoms with Crippen molar-refractivity contribution < 1.29 is 4.74 Å². The second-order valence-corrected chi connectivity index (χ2v) is 7.01. The van der Waals surface area contributed by atoms with Crippen LogP contribution in [0.25, 0.3) is 0 Å². The van der Waals surface area contributed by atoms with Gasteiger partial charge in [-0.2, -0.15) is 0 Å². The van der Waals surface area contributed by atoms with Gasteiger partial charge in [-0.25, -0.2) is 0 Å². The maximum absolute atomic E-state index is 6.23. The van der Waals surface area contributed by atoms with E-state index in [0.29, 0.717) is 12.1 Å². The van der Waals surface area contributed by atoms with E-state index < -0.39 is 0 Å². The molecule has 0 spiro atoms. The molecule has 1 fully saturated rings. The van der Waals surface area contributed by atoms with Crippen LogP contribution in [0.5, 0.6) is 5.75 Å². The van der Waals surface area contributed by atoms with E-state index in [0.717, 1.165) is 18.8 Å². The van der Waals surface area contributed by atoms with Crippen molar-refractivity contribution in [1.29, 1.82) is 0 Å². The molecule has 2 heteroatoms. The van der Waals surface area contributed by atoms with Crippen molar-refractivity contribution in [3.63, 3.8) is 0 Å². The summed E-state index contributed by atoms with van der Waals surface area (Å²) in [6, 6.07) is 20.2. The third kappa shape index (κ3) is 4.39. The molecule has 0 bridgehead atoms. The predicted octanol–water partition coefficient (Wildman–Crippen LogP) is 4.92. The quantitative estimate of drug-likeness (QED) is 0.748. The van der Waals surface area contributed by atoms with E-state index in [1.807, 2.05) is 0 Å². The topological polar surface area (TPSA) is 12.5 Å². The number of piperidine rings is 1. The van der Waals surface area contributed by atoms with Crippen LogP contribution in [-0.4, -0.2) is 30.1 Å². The Hall–Kier alpha value is -1.80. The molecule has 1 aliphatic heterocycles. The first-order chi connectivity index (χ1) is 11.7. The lowest BCUT2D eigenvalue weighted by molar-refractivity contribution is 0.0814. The minimum absolute atomic E-state index is 0.463. The molecule has 24 heavy (non-hydrogen) atoms. The van der Waals surface area contributed by atoms with E-state index in [2.05, 4.69) is 73.3 Å². The normalized spacial score (nSPS) is 19.8. The Kier molecular flexibility index (Phi) is 5.92. The Morgan fingerprint density at radius 3 is 2.58 bits per heavy atom. The number of hydrogen-bond donors (Lipinski definition) is 0. The van der Waals surface area contributed by atoms with Crippen molar-refractivity contribution in [3.8, 4) is 5.75 Å². The summed E-state index contributed by atoms with van der Waals surface area (Å²) in [4.78, 5) is 2.60. The zero-order chi connectivity index (χ0) is 16.8. The highest BCUT2D eigenvalue weighted by atomic mass is 16.5. The number of benzene rings is 2. The zero-order valence-electron chi connectivity index (χ0n) is 14.9. The fraction of sp³-hybridized carbons (Fsp3) is 0.455. The van der Waals surface area contributed by atoms with Crippen molar-refractivity contribution in [1.82, 2.24) is 4.90 Å². The molecule has 2 aromatic carbocycles. The van der Waals surface area contributed by atoms with Crippen molar-refractivity contribution in [2.75, 3.05) is 13.2 Å². The lowest BCUT2D eigenvalue weighted by Crippen LogP contribution is -2.46. The lowest BCUT2D eigenvalue weighted by atomic mass is 10.0. The van der Waals surface area contributed by atoms with Crippen LogP contribution in [0.4, 0.5) is 0 Å². The molecule has 0 radical (unpaired) electrons. The molecule has 0 aromatic heterocycles. The highest BCUT2D eigenvalue weighted by Gasteiger charge is 2.23. The molecule has 0 amide bonds. The average molecular weight is 323 g/mol. The molecule has 2 nitrogen and oxygen atoms in total. The minimum atomic E-state index is 0.463. The second-order valence-electron chi connectivity index (χ2n) is 7.01. The molecule has 0 N–H and O–H groups in total. The maximum Gasteiger partial charge on any atom is 0.122 e. The van der Waals surface area contributed by atoms with Crippen molar-refractivity contribution >= 4 is 0 Å². The molecule has 128 valence electrons. The monoisotopic (exact) mass is 323 g/mol. The minimum Gasteiger partial charge on any atom is -0.492 e. The molecular weight excluding hydrogens is 294 g/mol. The van der Waals surface area contributed by atoms with Gasteiger partial charge in [0.05, 0.1) is 0 Å². The van der Waals surface area contributed by atoms with Crippen LogP contribution in [-0.2, 0) is 6.42 Å². The van der Waals surface area contributed by atoms with Gasteiger partial charge < -0.3 is 4.74 Å². The van der Waals surface area contributed by atoms with E-state index in [4.69, 9.17) is 4.74 Å². The van der Waals surface area contributed by atoms with Crippen LogP contribution in [0.3, 0.4) is 0 Å². The highest BCUT2D eigenvalue weighted by Crippen LogP contribution is 2.23. The Bertz CT molecular complexity index is 625. The molecule has 0 aliphatic carbocycles. The molecule has 1 saturated heterocycles. The van der Waals surface area contributed by atoms with Gasteiger partial charge in [-0.1, -0.05) is 55.0 Å². The maximum atomic E-state index is 6.23. The summed E-state index contributed by atoms with van der Waals surface area (Å²) in [5, 5.41) is 0. The smallest absolute Gasteiger partial charge is 0.122 e. The second kappa shape index (κ2) is 8.34. The van der Waals surface area contributed by atoms with Gasteiger partial charge in [-0.05, 0) is 50.4 Å². The number of para-hydroxylation sites is 1. The Morgan fingerprint density at radius 1 is 1.04 bits per heavy atom. The molecular formula is C22H29NO. The van der Waals surface area contributed by atoms with Gasteiger partial charge in [0.15, 0.2) is 0 Å². The Labute approximate surface area is 146 Å². The molecule has 0 saturated carbocycles. The summed E-state index contributed by atoms with van der Waals surface area (Å²) in [7, 11) is 0. The largest absolute Gasteiger partial charge is 0.492 e. The third-order valence-corrected chi connectivity index (χ3v) is 5.11. The Morgan fingerprint density at radius 2 is 1.79 bits per heavy atom. The molecule has 1 aliphatic rings. The van der Waals surface area contributed by atoms with Crippen LogP contribution < -0.4 is 4.74 Å². The van der Waals surface area contributed by atoms with Gasteiger partial charge >= 0.3 is 0 Å². The fourth-order valence-corrected chi connectivity index (χ4v) is 3.69. The van der Waals surface area contributed by atoms with Gasteiger partial charge in [0, 0.05) is 18.5 Å². The van der Waals surface area contributed by atoms with Crippen LogP contribution in [0, 0.1) is 0 Å². The summed E-state index contributed by atoms with van der Waals surface area (Å²) in [6.07, 6.45) is 4.92. The Balaban J connectivity index is 1.63. The van der Waals surface area contributed by atoms with Crippen molar-refractivity contribution in [3.05, 3.63) is 65.7 Å². The summed E-state index contributed by atoms with van der Waals surface area (Å²) < 4.78 is 6.23. The van der Waals surface area contributed by atoms with E-state index in [-0.39, 0.29) is 0 Å². The summed E-state index contributed by atoms with van der Waals surface area (Å²) in [6.45, 7) is 6.61. The van der Waals surface area contributed by atoms with Gasteiger partial charge in [0.2, 0.25) is 0 Å². The van der Waals surface area contributed by atoms with Crippen LogP contribution in [0.2, 0.25) is 0 Å². The number of ether oxygens (including phenoxy) is 1. The summed E-state index contributed by atoms with van der Waals surface area (Å²) >= 11 is 0. The van der Waals surface area contributed by atoms with E-state index in [9.17, 15) is 0 Å². The van der Waals surface area contributed by atoms with E-state index in [1.54, 1.807) is 0 Å². The van der Waals surface area contributed by atoms with Gasteiger partial charge in [-0.15, -0.1) is 0 Å². The molecule has 3 rings (SSSR count). The standard InChI is InChI=1S/C22H29NO/c1-18-10-8-9-15-23(18)19(2)17-24-22-14-7-6-13-21(22)16-20-11-4-3-5-12-20/h3-7,11-14,18-19H,8-10,15-17H2,1-2H3/t18?,19-/m0/s1. The summed E-state index contributed by atoms with van der Waals surface area (Å²) in [5.41, 5.74) is 2.59. The SMILES string of the molecule is CC1CCCCN1[C@@H](C)COc1ccccc1Cc1ccccc1. The van der Waals surface area contributed by atoms with Crippen LogP contribution >= 0.6 is 0 Å². The first-order valence-electron chi connectivity index (χ1n) is 9.24. The fourth-order valence-electron chi connectivity index (χ4n) is 3.69. The zero-order valence-corrected chi connectivity index (χ0v) is 14.9. The number of hydrogen-bond acceptors (Lipinski definition) is 2. The van der Waals surface area contributed by atoms with Crippen LogP contribution in [0.15, 0.2) is 54.6 Å². The van der Waals surface area contributed by atoms with E-state index >= 15 is 0 Å². The van der Waals surface area contributed by atoms with E-state index in [1.165, 1.54) is 36.9 Å².